The Morgan fingerprint density at radius 3 is 2.39 bits per heavy atom. The fraction of sp³-hybridized carbons (Fsp3) is 0.167. The maximum atomic E-state index is 12.1. The molecule has 0 heterocycles. The third-order valence-electron chi connectivity index (χ3n) is 3.23. The van der Waals surface area contributed by atoms with Gasteiger partial charge in [0.2, 0.25) is 0 Å². The third-order valence-corrected chi connectivity index (χ3v) is 3.23. The highest BCUT2D eigenvalue weighted by Crippen LogP contribution is 2.19. The van der Waals surface area contributed by atoms with E-state index in [-0.39, 0.29) is 12.2 Å². The molecule has 0 aliphatic rings. The van der Waals surface area contributed by atoms with Crippen LogP contribution in [0.15, 0.2) is 53.5 Å². The van der Waals surface area contributed by atoms with Gasteiger partial charge in [-0.3, -0.25) is 9.79 Å². The van der Waals surface area contributed by atoms with E-state index >= 15 is 0 Å². The summed E-state index contributed by atoms with van der Waals surface area (Å²) in [6.45, 7) is 0. The molecule has 2 rings (SSSR count). The summed E-state index contributed by atoms with van der Waals surface area (Å²) in [7, 11) is 2.89. The Morgan fingerprint density at radius 1 is 1.04 bits per heavy atom. The smallest absolute Gasteiger partial charge is 0.340 e. The van der Waals surface area contributed by atoms with E-state index in [1.807, 2.05) is 0 Å². The van der Waals surface area contributed by atoms with Crippen molar-refractivity contribution in [2.75, 3.05) is 14.2 Å². The van der Waals surface area contributed by atoms with Gasteiger partial charge in [0.25, 0.3) is 0 Å². The molecule has 0 aliphatic heterocycles. The first kappa shape index (κ1) is 16.4. The number of aliphatic imine (C=N–C) groups is 1. The van der Waals surface area contributed by atoms with Crippen molar-refractivity contribution in [3.05, 3.63) is 59.7 Å². The number of rotatable bonds is 6. The van der Waals surface area contributed by atoms with Crippen LogP contribution in [-0.4, -0.2) is 32.2 Å². The Labute approximate surface area is 134 Å². The van der Waals surface area contributed by atoms with E-state index in [9.17, 15) is 9.59 Å². The first-order valence-electron chi connectivity index (χ1n) is 7.03. The van der Waals surface area contributed by atoms with Gasteiger partial charge >= 0.3 is 5.97 Å². The second kappa shape index (κ2) is 7.89. The van der Waals surface area contributed by atoms with Crippen LogP contribution in [0, 0.1) is 0 Å². The maximum Gasteiger partial charge on any atom is 0.340 e. The van der Waals surface area contributed by atoms with Crippen LogP contribution in [-0.2, 0) is 4.74 Å². The number of ether oxygens (including phenoxy) is 2. The van der Waals surface area contributed by atoms with E-state index in [1.165, 1.54) is 13.3 Å². The second-order valence-corrected chi connectivity index (χ2v) is 4.68. The number of ketones is 1. The van der Waals surface area contributed by atoms with Crippen LogP contribution >= 0.6 is 0 Å². The molecule has 118 valence electrons. The highest BCUT2D eigenvalue weighted by atomic mass is 16.5. The molecule has 0 radical (unpaired) electrons. The number of hydrogen-bond donors (Lipinski definition) is 0. The molecule has 0 saturated carbocycles. The molecule has 0 unspecified atom stereocenters. The Hall–Kier alpha value is -2.95. The van der Waals surface area contributed by atoms with Crippen molar-refractivity contribution < 1.29 is 19.1 Å². The Kier molecular flexibility index (Phi) is 5.63. The Bertz CT molecular complexity index is 720. The van der Waals surface area contributed by atoms with Crippen molar-refractivity contribution in [3.63, 3.8) is 0 Å². The summed E-state index contributed by atoms with van der Waals surface area (Å²) in [6.07, 6.45) is 1.64. The molecule has 0 saturated heterocycles. The zero-order chi connectivity index (χ0) is 16.7. The zero-order valence-electron chi connectivity index (χ0n) is 13.0. The molecular formula is C18H17NO4. The van der Waals surface area contributed by atoms with E-state index in [4.69, 9.17) is 9.47 Å². The number of methoxy groups -OCH3 is 2. The standard InChI is InChI=1S/C18H17NO4/c1-22-14-9-7-13(8-10-14)17(20)11-12-19-16-6-4-3-5-15(16)18(21)23-2/h3-10,12H,11H2,1-2H3. The fourth-order valence-corrected chi connectivity index (χ4v) is 1.99. The summed E-state index contributed by atoms with van der Waals surface area (Å²) in [5, 5.41) is 0. The van der Waals surface area contributed by atoms with Crippen molar-refractivity contribution in [2.45, 2.75) is 6.42 Å². The van der Waals surface area contributed by atoms with Gasteiger partial charge in [-0.1, -0.05) is 12.1 Å². The zero-order valence-corrected chi connectivity index (χ0v) is 13.0. The SMILES string of the molecule is COC(=O)c1ccccc1N=CCC(=O)c1ccc(OC)cc1. The average Bonchev–Trinajstić information content (AvgIpc) is 2.61. The summed E-state index contributed by atoms with van der Waals surface area (Å²) in [4.78, 5) is 27.9. The van der Waals surface area contributed by atoms with Crippen LogP contribution in [0.4, 0.5) is 5.69 Å². The minimum Gasteiger partial charge on any atom is -0.497 e. The van der Waals surface area contributed by atoms with E-state index in [1.54, 1.807) is 55.6 Å². The van der Waals surface area contributed by atoms with E-state index in [0.29, 0.717) is 22.6 Å². The summed E-state index contributed by atoms with van der Waals surface area (Å²) in [5.41, 5.74) is 1.42. The highest BCUT2D eigenvalue weighted by molar-refractivity contribution is 6.04. The molecule has 0 aliphatic carbocycles. The van der Waals surface area contributed by atoms with Gasteiger partial charge in [-0.25, -0.2) is 4.79 Å². The number of carbonyl (C=O) groups is 2. The molecule has 0 bridgehead atoms. The predicted molar refractivity (Wildman–Crippen MR) is 87.9 cm³/mol. The lowest BCUT2D eigenvalue weighted by Crippen LogP contribution is -2.02. The summed E-state index contributed by atoms with van der Waals surface area (Å²) in [5.74, 6) is 0.174. The summed E-state index contributed by atoms with van der Waals surface area (Å²) >= 11 is 0. The second-order valence-electron chi connectivity index (χ2n) is 4.68. The molecule has 0 atom stereocenters. The molecule has 0 aromatic heterocycles. The van der Waals surface area contributed by atoms with Crippen LogP contribution in [0.25, 0.3) is 0 Å². The largest absolute Gasteiger partial charge is 0.497 e. The lowest BCUT2D eigenvalue weighted by Gasteiger charge is -2.03. The number of nitrogens with zero attached hydrogens (tertiary/aromatic N) is 1. The van der Waals surface area contributed by atoms with Crippen LogP contribution in [0.1, 0.15) is 27.1 Å². The predicted octanol–water partition coefficient (Wildman–Crippen LogP) is 3.46. The molecule has 2 aromatic carbocycles. The Morgan fingerprint density at radius 2 is 1.74 bits per heavy atom. The monoisotopic (exact) mass is 311 g/mol. The van der Waals surface area contributed by atoms with Gasteiger partial charge in [0.15, 0.2) is 5.78 Å². The number of esters is 1. The molecular weight excluding hydrogens is 294 g/mol. The molecule has 23 heavy (non-hydrogen) atoms. The van der Waals surface area contributed by atoms with Crippen molar-refractivity contribution in [1.82, 2.24) is 0 Å². The first-order valence-corrected chi connectivity index (χ1v) is 7.03. The number of hydrogen-bond acceptors (Lipinski definition) is 5. The summed E-state index contributed by atoms with van der Waals surface area (Å²) < 4.78 is 9.76. The van der Waals surface area contributed by atoms with Gasteiger partial charge < -0.3 is 9.47 Å². The molecule has 5 heteroatoms. The lowest BCUT2D eigenvalue weighted by molar-refractivity contribution is 0.0601. The van der Waals surface area contributed by atoms with Crippen molar-refractivity contribution in [3.8, 4) is 5.75 Å². The number of benzene rings is 2. The maximum absolute atomic E-state index is 12.1. The van der Waals surface area contributed by atoms with E-state index < -0.39 is 5.97 Å². The van der Waals surface area contributed by atoms with Crippen LogP contribution in [0.3, 0.4) is 0 Å². The number of para-hydroxylation sites is 1. The molecule has 2 aromatic rings. The molecule has 0 fully saturated rings. The minimum absolute atomic E-state index is 0.0630. The van der Waals surface area contributed by atoms with E-state index in [0.717, 1.165) is 0 Å². The van der Waals surface area contributed by atoms with Gasteiger partial charge in [-0.15, -0.1) is 0 Å². The fourth-order valence-electron chi connectivity index (χ4n) is 1.99. The highest BCUT2D eigenvalue weighted by Gasteiger charge is 2.10. The number of carbonyl (C=O) groups excluding carboxylic acids is 2. The van der Waals surface area contributed by atoms with Crippen LogP contribution in [0.5, 0.6) is 5.75 Å². The normalized spacial score (nSPS) is 10.5. The van der Waals surface area contributed by atoms with Gasteiger partial charge in [-0.2, -0.15) is 0 Å². The lowest BCUT2D eigenvalue weighted by atomic mass is 10.1. The van der Waals surface area contributed by atoms with Gasteiger partial charge in [0.05, 0.1) is 25.5 Å². The minimum atomic E-state index is -0.459. The van der Waals surface area contributed by atoms with Gasteiger partial charge in [-0.05, 0) is 36.4 Å². The van der Waals surface area contributed by atoms with Crippen molar-refractivity contribution in [2.24, 2.45) is 4.99 Å². The average molecular weight is 311 g/mol. The van der Waals surface area contributed by atoms with Gasteiger partial charge in [0.1, 0.15) is 5.75 Å². The Balaban J connectivity index is 2.06. The molecule has 0 N–H and O–H groups in total. The van der Waals surface area contributed by atoms with Gasteiger partial charge in [0, 0.05) is 18.2 Å². The summed E-state index contributed by atoms with van der Waals surface area (Å²) in [6, 6.07) is 13.7. The number of Topliss-reactive ketones (excluding diaryl/α,β-unsaturated/α-hetero) is 1. The topological polar surface area (TPSA) is 65.0 Å². The van der Waals surface area contributed by atoms with Crippen molar-refractivity contribution in [1.29, 1.82) is 0 Å². The molecule has 0 amide bonds. The van der Waals surface area contributed by atoms with E-state index in [2.05, 4.69) is 4.99 Å². The van der Waals surface area contributed by atoms with Crippen LogP contribution in [0.2, 0.25) is 0 Å². The molecule has 0 spiro atoms. The molecule has 5 nitrogen and oxygen atoms in total. The third kappa shape index (κ3) is 4.26. The van der Waals surface area contributed by atoms with Crippen molar-refractivity contribution >= 4 is 23.7 Å². The van der Waals surface area contributed by atoms with Crippen LogP contribution < -0.4 is 4.74 Å². The first-order chi connectivity index (χ1) is 11.2. The quantitative estimate of drug-likeness (QED) is 0.465.